The van der Waals surface area contributed by atoms with E-state index in [1.807, 2.05) is 0 Å². The van der Waals surface area contributed by atoms with Crippen molar-refractivity contribution in [1.82, 2.24) is 0 Å². The highest BCUT2D eigenvalue weighted by Crippen LogP contribution is 2.31. The molecule has 4 heteroatoms. The molecule has 0 saturated carbocycles. The Morgan fingerprint density at radius 2 is 1.28 bits per heavy atom. The first kappa shape index (κ1) is 16.4. The number of ketones is 4. The molecule has 0 aliphatic carbocycles. The Kier molecular flexibility index (Phi) is 5.33. The van der Waals surface area contributed by atoms with E-state index in [2.05, 4.69) is 6.58 Å². The molecule has 0 aliphatic rings. The van der Waals surface area contributed by atoms with Crippen LogP contribution in [0.15, 0.2) is 12.2 Å². The zero-order chi connectivity index (χ0) is 14.7. The molecular weight excluding hydrogens is 232 g/mol. The summed E-state index contributed by atoms with van der Waals surface area (Å²) >= 11 is 0. The summed E-state index contributed by atoms with van der Waals surface area (Å²) in [7, 11) is 0. The zero-order valence-electron chi connectivity index (χ0n) is 11.6. The molecule has 0 amide bonds. The highest BCUT2D eigenvalue weighted by Gasteiger charge is 2.38. The van der Waals surface area contributed by atoms with E-state index in [-0.39, 0.29) is 29.6 Å². The second kappa shape index (κ2) is 5.85. The van der Waals surface area contributed by atoms with Crippen LogP contribution in [0.1, 0.15) is 41.0 Å². The summed E-state index contributed by atoms with van der Waals surface area (Å²) in [6.07, 6.45) is 0.0293. The van der Waals surface area contributed by atoms with Gasteiger partial charge >= 0.3 is 0 Å². The number of carbonyl (C=O) groups is 4. The van der Waals surface area contributed by atoms with E-state index < -0.39 is 11.3 Å². The van der Waals surface area contributed by atoms with Crippen molar-refractivity contribution in [1.29, 1.82) is 0 Å². The lowest BCUT2D eigenvalue weighted by atomic mass is 9.74. The van der Waals surface area contributed by atoms with Gasteiger partial charge in [-0.25, -0.2) is 0 Å². The minimum absolute atomic E-state index is 0.0293. The molecule has 18 heavy (non-hydrogen) atoms. The minimum Gasteiger partial charge on any atom is -0.299 e. The number of Topliss-reactive ketones (excluding diaryl/α,β-unsaturated/α-hetero) is 4. The highest BCUT2D eigenvalue weighted by atomic mass is 16.2. The predicted molar refractivity (Wildman–Crippen MR) is 68.1 cm³/mol. The van der Waals surface area contributed by atoms with Crippen LogP contribution in [-0.4, -0.2) is 23.1 Å². The van der Waals surface area contributed by atoms with Crippen LogP contribution in [-0.2, 0) is 19.2 Å². The minimum atomic E-state index is -1.21. The van der Waals surface area contributed by atoms with Gasteiger partial charge in [-0.1, -0.05) is 12.2 Å². The molecule has 0 unspecified atom stereocenters. The van der Waals surface area contributed by atoms with Gasteiger partial charge in [0.2, 0.25) is 0 Å². The van der Waals surface area contributed by atoms with Crippen LogP contribution >= 0.6 is 0 Å². The summed E-state index contributed by atoms with van der Waals surface area (Å²) < 4.78 is 0. The molecule has 0 fully saturated rings. The Morgan fingerprint density at radius 3 is 1.50 bits per heavy atom. The average Bonchev–Trinajstić information content (AvgIpc) is 2.14. The number of carbonyl (C=O) groups excluding carboxylic acids is 4. The van der Waals surface area contributed by atoms with Gasteiger partial charge in [-0.3, -0.25) is 19.2 Å². The van der Waals surface area contributed by atoms with Gasteiger partial charge in [0.25, 0.3) is 0 Å². The maximum Gasteiger partial charge on any atom is 0.144 e. The molecule has 0 aliphatic heterocycles. The number of allylic oxidation sites excluding steroid dienone is 1. The number of hydrogen-bond acceptors (Lipinski definition) is 4. The maximum atomic E-state index is 11.6. The summed E-state index contributed by atoms with van der Waals surface area (Å²) in [5.41, 5.74) is -0.886. The fourth-order valence-electron chi connectivity index (χ4n) is 1.91. The van der Waals surface area contributed by atoms with Crippen molar-refractivity contribution < 1.29 is 19.2 Å². The molecule has 0 spiro atoms. The SMILES string of the molecule is C=C(CC(C)(C(C)=O)C(C)=O)C(C(C)=O)C(C)=O. The van der Waals surface area contributed by atoms with E-state index in [1.54, 1.807) is 0 Å². The van der Waals surface area contributed by atoms with Crippen molar-refractivity contribution in [2.45, 2.75) is 41.0 Å². The summed E-state index contributed by atoms with van der Waals surface area (Å²) in [6, 6.07) is 0. The lowest BCUT2D eigenvalue weighted by Crippen LogP contribution is -2.36. The maximum absolute atomic E-state index is 11.6. The van der Waals surface area contributed by atoms with Crippen LogP contribution in [0.2, 0.25) is 0 Å². The Hall–Kier alpha value is -1.58. The van der Waals surface area contributed by atoms with Gasteiger partial charge in [0.1, 0.15) is 23.1 Å². The fourth-order valence-corrected chi connectivity index (χ4v) is 1.91. The molecule has 0 bridgehead atoms. The summed E-state index contributed by atoms with van der Waals surface area (Å²) in [5.74, 6) is -2.14. The van der Waals surface area contributed by atoms with Gasteiger partial charge in [-0.2, -0.15) is 0 Å². The van der Waals surface area contributed by atoms with Crippen molar-refractivity contribution >= 4 is 23.1 Å². The third kappa shape index (κ3) is 3.45. The van der Waals surface area contributed by atoms with E-state index in [9.17, 15) is 19.2 Å². The third-order valence-electron chi connectivity index (χ3n) is 3.36. The first-order valence-electron chi connectivity index (χ1n) is 5.74. The predicted octanol–water partition coefficient (Wildman–Crippen LogP) is 1.91. The molecule has 0 atom stereocenters. The van der Waals surface area contributed by atoms with Crippen LogP contribution in [0.3, 0.4) is 0 Å². The van der Waals surface area contributed by atoms with Gasteiger partial charge in [0.15, 0.2) is 0 Å². The fraction of sp³-hybridized carbons (Fsp3) is 0.571. The van der Waals surface area contributed by atoms with E-state index in [0.717, 1.165) is 0 Å². The van der Waals surface area contributed by atoms with Gasteiger partial charge in [0.05, 0.1) is 11.3 Å². The summed E-state index contributed by atoms with van der Waals surface area (Å²) in [5, 5.41) is 0. The zero-order valence-corrected chi connectivity index (χ0v) is 11.6. The van der Waals surface area contributed by atoms with Crippen LogP contribution in [0, 0.1) is 11.3 Å². The Labute approximate surface area is 107 Å². The summed E-state index contributed by atoms with van der Waals surface area (Å²) in [6.45, 7) is 10.5. The Balaban J connectivity index is 5.25. The van der Waals surface area contributed by atoms with Gasteiger partial charge in [-0.05, 0) is 41.0 Å². The van der Waals surface area contributed by atoms with Crippen molar-refractivity contribution in [3.8, 4) is 0 Å². The molecule has 0 aromatic carbocycles. The van der Waals surface area contributed by atoms with Gasteiger partial charge in [-0.15, -0.1) is 0 Å². The van der Waals surface area contributed by atoms with Crippen molar-refractivity contribution in [3.05, 3.63) is 12.2 Å². The summed E-state index contributed by atoms with van der Waals surface area (Å²) in [4.78, 5) is 45.9. The smallest absolute Gasteiger partial charge is 0.144 e. The molecule has 0 heterocycles. The van der Waals surface area contributed by atoms with Crippen LogP contribution < -0.4 is 0 Å². The van der Waals surface area contributed by atoms with E-state index in [4.69, 9.17) is 0 Å². The molecular formula is C14H20O4. The quantitative estimate of drug-likeness (QED) is 0.512. The lowest BCUT2D eigenvalue weighted by Gasteiger charge is -2.26. The second-order valence-electron chi connectivity index (χ2n) is 4.93. The Morgan fingerprint density at radius 1 is 0.944 bits per heavy atom. The highest BCUT2D eigenvalue weighted by molar-refractivity contribution is 6.06. The number of hydrogen-bond donors (Lipinski definition) is 0. The van der Waals surface area contributed by atoms with Crippen molar-refractivity contribution in [2.75, 3.05) is 0 Å². The molecule has 0 N–H and O–H groups in total. The standard InChI is InChI=1S/C14H20O4/c1-8(13(9(2)15)10(3)16)7-14(6,11(4)17)12(5)18/h13H,1,7H2,2-6H3. The molecule has 0 aromatic heterocycles. The monoisotopic (exact) mass is 252 g/mol. The largest absolute Gasteiger partial charge is 0.299 e. The molecule has 0 aromatic rings. The first-order chi connectivity index (χ1) is 8.04. The van der Waals surface area contributed by atoms with E-state index in [1.165, 1.54) is 34.6 Å². The van der Waals surface area contributed by atoms with Crippen LogP contribution in [0.25, 0.3) is 0 Å². The van der Waals surface area contributed by atoms with Crippen LogP contribution in [0.4, 0.5) is 0 Å². The number of rotatable bonds is 7. The molecule has 100 valence electrons. The molecule has 0 radical (unpaired) electrons. The Bertz CT molecular complexity index is 390. The van der Waals surface area contributed by atoms with E-state index in [0.29, 0.717) is 5.57 Å². The van der Waals surface area contributed by atoms with Gasteiger partial charge in [0, 0.05) is 0 Å². The van der Waals surface area contributed by atoms with Crippen molar-refractivity contribution in [2.24, 2.45) is 11.3 Å². The van der Waals surface area contributed by atoms with Crippen molar-refractivity contribution in [3.63, 3.8) is 0 Å². The lowest BCUT2D eigenvalue weighted by molar-refractivity contribution is -0.138. The van der Waals surface area contributed by atoms with Crippen LogP contribution in [0.5, 0.6) is 0 Å². The first-order valence-corrected chi connectivity index (χ1v) is 5.74. The topological polar surface area (TPSA) is 68.3 Å². The second-order valence-corrected chi connectivity index (χ2v) is 4.93. The van der Waals surface area contributed by atoms with E-state index >= 15 is 0 Å². The molecule has 0 saturated heterocycles. The van der Waals surface area contributed by atoms with Gasteiger partial charge < -0.3 is 0 Å². The third-order valence-corrected chi connectivity index (χ3v) is 3.36. The normalized spacial score (nSPS) is 11.2. The average molecular weight is 252 g/mol. The molecule has 0 rings (SSSR count). The molecule has 4 nitrogen and oxygen atoms in total.